The van der Waals surface area contributed by atoms with Crippen LogP contribution in [0.3, 0.4) is 0 Å². The second kappa shape index (κ2) is 12.0. The first-order valence-electron chi connectivity index (χ1n) is 9.15. The predicted molar refractivity (Wildman–Crippen MR) is 122 cm³/mol. The second-order valence-corrected chi connectivity index (χ2v) is 7.56. The van der Waals surface area contributed by atoms with Crippen molar-refractivity contribution in [2.45, 2.75) is 53.2 Å². The number of carbonyl (C=O) groups is 2. The first-order chi connectivity index (χ1) is 13.2. The highest BCUT2D eigenvalue weighted by Gasteiger charge is 2.29. The Kier molecular flexibility index (Phi) is 11.2. The Morgan fingerprint density at radius 3 is 2.33 bits per heavy atom. The molecule has 2 rings (SSSR count). The van der Waals surface area contributed by atoms with Gasteiger partial charge in [-0.15, -0.1) is 24.8 Å². The molecule has 0 fully saturated rings. The Morgan fingerprint density at radius 1 is 1.17 bits per heavy atom. The number of nitrogens with zero attached hydrogens (tertiary/aromatic N) is 1. The first-order valence-corrected chi connectivity index (χ1v) is 9.53. The van der Waals surface area contributed by atoms with E-state index in [0.717, 1.165) is 0 Å². The number of anilines is 1. The van der Waals surface area contributed by atoms with Crippen LogP contribution in [-0.4, -0.2) is 34.1 Å². The Labute approximate surface area is 194 Å². The SMILES string of the molecule is CCOC(=O)c1c(CNc2ccc(Cl)cn2)[nH]c(C(=O)OC(C)(C)C)c1CC.Cl.Cl. The number of pyridine rings is 1. The number of esters is 2. The monoisotopic (exact) mass is 479 g/mol. The van der Waals surface area contributed by atoms with Crippen LogP contribution in [0.5, 0.6) is 0 Å². The Morgan fingerprint density at radius 2 is 1.83 bits per heavy atom. The quantitative estimate of drug-likeness (QED) is 0.528. The van der Waals surface area contributed by atoms with Gasteiger partial charge in [-0.2, -0.15) is 0 Å². The van der Waals surface area contributed by atoms with Crippen molar-refractivity contribution in [3.8, 4) is 0 Å². The van der Waals surface area contributed by atoms with Gasteiger partial charge in [-0.25, -0.2) is 14.6 Å². The average Bonchev–Trinajstić information content (AvgIpc) is 2.99. The van der Waals surface area contributed by atoms with E-state index >= 15 is 0 Å². The molecule has 10 heteroatoms. The predicted octanol–water partition coefficient (Wildman–Crippen LogP) is 5.21. The van der Waals surface area contributed by atoms with E-state index in [4.69, 9.17) is 21.1 Å². The fourth-order valence-corrected chi connectivity index (χ4v) is 2.81. The van der Waals surface area contributed by atoms with E-state index in [0.29, 0.717) is 34.1 Å². The molecule has 30 heavy (non-hydrogen) atoms. The van der Waals surface area contributed by atoms with Crippen molar-refractivity contribution in [3.63, 3.8) is 0 Å². The van der Waals surface area contributed by atoms with Gasteiger partial charge in [0.25, 0.3) is 0 Å². The van der Waals surface area contributed by atoms with Crippen LogP contribution >= 0.6 is 36.4 Å². The lowest BCUT2D eigenvalue weighted by Crippen LogP contribution is -2.24. The van der Waals surface area contributed by atoms with E-state index in [1.165, 1.54) is 6.20 Å². The highest BCUT2D eigenvalue weighted by molar-refractivity contribution is 6.30. The number of ether oxygens (including phenoxy) is 2. The summed E-state index contributed by atoms with van der Waals surface area (Å²) >= 11 is 5.85. The molecule has 2 aromatic heterocycles. The van der Waals surface area contributed by atoms with Gasteiger partial charge in [0, 0.05) is 11.9 Å². The minimum Gasteiger partial charge on any atom is -0.462 e. The molecule has 2 aromatic rings. The average molecular weight is 481 g/mol. The molecular formula is C20H28Cl3N3O4. The van der Waals surface area contributed by atoms with Crippen molar-refractivity contribution in [1.29, 1.82) is 0 Å². The molecule has 0 radical (unpaired) electrons. The maximum absolute atomic E-state index is 12.6. The van der Waals surface area contributed by atoms with Crippen LogP contribution in [0, 0.1) is 0 Å². The van der Waals surface area contributed by atoms with E-state index in [-0.39, 0.29) is 43.7 Å². The van der Waals surface area contributed by atoms with Crippen LogP contribution in [-0.2, 0) is 22.4 Å². The molecule has 168 valence electrons. The molecule has 0 saturated carbocycles. The van der Waals surface area contributed by atoms with Crippen molar-refractivity contribution < 1.29 is 19.1 Å². The van der Waals surface area contributed by atoms with Crippen LogP contribution in [0.15, 0.2) is 18.3 Å². The maximum atomic E-state index is 12.6. The van der Waals surface area contributed by atoms with Gasteiger partial charge in [-0.3, -0.25) is 0 Å². The smallest absolute Gasteiger partial charge is 0.355 e. The topological polar surface area (TPSA) is 93.3 Å². The van der Waals surface area contributed by atoms with Crippen molar-refractivity contribution in [3.05, 3.63) is 45.9 Å². The number of halogens is 3. The minimum absolute atomic E-state index is 0. The van der Waals surface area contributed by atoms with Gasteiger partial charge < -0.3 is 19.8 Å². The van der Waals surface area contributed by atoms with Crippen LogP contribution in [0.4, 0.5) is 5.82 Å². The summed E-state index contributed by atoms with van der Waals surface area (Å²) in [4.78, 5) is 32.4. The zero-order chi connectivity index (χ0) is 20.9. The summed E-state index contributed by atoms with van der Waals surface area (Å²) in [5.41, 5.74) is 1.08. The first kappa shape index (κ1) is 28.0. The fraction of sp³-hybridized carbons (Fsp3) is 0.450. The van der Waals surface area contributed by atoms with Gasteiger partial charge in [0.2, 0.25) is 0 Å². The van der Waals surface area contributed by atoms with Gasteiger partial charge in [0.05, 0.1) is 23.7 Å². The molecule has 0 spiro atoms. The molecule has 0 saturated heterocycles. The number of hydrogen-bond acceptors (Lipinski definition) is 6. The normalized spacial score (nSPS) is 10.5. The summed E-state index contributed by atoms with van der Waals surface area (Å²) in [6.45, 7) is 9.47. The molecule has 0 aliphatic rings. The summed E-state index contributed by atoms with van der Waals surface area (Å²) in [5, 5.41) is 3.64. The molecule has 0 bridgehead atoms. The van der Waals surface area contributed by atoms with Gasteiger partial charge >= 0.3 is 11.9 Å². The molecule has 0 aliphatic carbocycles. The number of H-pyrrole nitrogens is 1. The lowest BCUT2D eigenvalue weighted by Gasteiger charge is -2.19. The number of carbonyl (C=O) groups excluding carboxylic acids is 2. The summed E-state index contributed by atoms with van der Waals surface area (Å²) in [6.07, 6.45) is 1.99. The molecule has 2 heterocycles. The van der Waals surface area contributed by atoms with Crippen LogP contribution in [0.25, 0.3) is 0 Å². The van der Waals surface area contributed by atoms with Crippen molar-refractivity contribution in [2.24, 2.45) is 0 Å². The van der Waals surface area contributed by atoms with E-state index in [9.17, 15) is 9.59 Å². The molecule has 0 aromatic carbocycles. The van der Waals surface area contributed by atoms with Crippen LogP contribution in [0.2, 0.25) is 5.02 Å². The molecular weight excluding hydrogens is 453 g/mol. The lowest BCUT2D eigenvalue weighted by atomic mass is 10.1. The highest BCUT2D eigenvalue weighted by Crippen LogP contribution is 2.25. The largest absolute Gasteiger partial charge is 0.462 e. The van der Waals surface area contributed by atoms with Crippen molar-refractivity contribution >= 4 is 54.2 Å². The van der Waals surface area contributed by atoms with Crippen molar-refractivity contribution in [2.75, 3.05) is 11.9 Å². The molecule has 7 nitrogen and oxygen atoms in total. The van der Waals surface area contributed by atoms with Gasteiger partial charge in [-0.05, 0) is 51.8 Å². The fourth-order valence-electron chi connectivity index (χ4n) is 2.69. The molecule has 0 unspecified atom stereocenters. The van der Waals surface area contributed by atoms with Crippen LogP contribution < -0.4 is 5.32 Å². The van der Waals surface area contributed by atoms with Gasteiger partial charge in [0.15, 0.2) is 0 Å². The van der Waals surface area contributed by atoms with Crippen LogP contribution in [0.1, 0.15) is 66.7 Å². The number of aromatic amines is 1. The summed E-state index contributed by atoms with van der Waals surface area (Å²) in [6, 6.07) is 3.44. The summed E-state index contributed by atoms with van der Waals surface area (Å²) in [7, 11) is 0. The Hall–Kier alpha value is -1.96. The van der Waals surface area contributed by atoms with Gasteiger partial charge in [0.1, 0.15) is 17.1 Å². The zero-order valence-corrected chi connectivity index (χ0v) is 20.0. The lowest BCUT2D eigenvalue weighted by molar-refractivity contribution is 0.00622. The molecule has 0 amide bonds. The zero-order valence-electron chi connectivity index (χ0n) is 17.6. The molecule has 0 aliphatic heterocycles. The Balaban J connectivity index is 0.00000420. The van der Waals surface area contributed by atoms with E-state index in [1.807, 2.05) is 6.92 Å². The third-order valence-electron chi connectivity index (χ3n) is 3.79. The summed E-state index contributed by atoms with van der Waals surface area (Å²) in [5.74, 6) is -0.400. The second-order valence-electron chi connectivity index (χ2n) is 7.12. The molecule has 2 N–H and O–H groups in total. The number of hydrogen-bond donors (Lipinski definition) is 2. The van der Waals surface area contributed by atoms with Crippen molar-refractivity contribution in [1.82, 2.24) is 9.97 Å². The standard InChI is InChI=1S/C20H26ClN3O4.2ClH/c1-6-13-16(18(25)27-7-2)14(11-23-15-9-8-12(21)10-22-15)24-17(13)19(26)28-20(3,4)5;;/h8-10,24H,6-7,11H2,1-5H3,(H,22,23);2*1H. The third kappa shape index (κ3) is 7.38. The van der Waals surface area contributed by atoms with E-state index in [1.54, 1.807) is 39.8 Å². The number of rotatable bonds is 7. The highest BCUT2D eigenvalue weighted by atomic mass is 35.5. The van der Waals surface area contributed by atoms with E-state index in [2.05, 4.69) is 15.3 Å². The number of aromatic nitrogens is 2. The summed E-state index contributed by atoms with van der Waals surface area (Å²) < 4.78 is 10.7. The molecule has 0 atom stereocenters. The van der Waals surface area contributed by atoms with Gasteiger partial charge in [-0.1, -0.05) is 18.5 Å². The third-order valence-corrected chi connectivity index (χ3v) is 4.01. The Bertz CT molecular complexity index is 846. The number of nitrogens with one attached hydrogen (secondary N) is 2. The minimum atomic E-state index is -0.650. The maximum Gasteiger partial charge on any atom is 0.355 e. The van der Waals surface area contributed by atoms with E-state index < -0.39 is 17.5 Å².